The summed E-state index contributed by atoms with van der Waals surface area (Å²) in [6.07, 6.45) is 1.86. The van der Waals surface area contributed by atoms with Gasteiger partial charge in [-0.1, -0.05) is 6.07 Å². The molecule has 1 heterocycles. The van der Waals surface area contributed by atoms with Gasteiger partial charge in [-0.2, -0.15) is 4.31 Å². The van der Waals surface area contributed by atoms with E-state index in [4.69, 9.17) is 12.2 Å². The van der Waals surface area contributed by atoms with Crippen LogP contribution in [0.1, 0.15) is 24.0 Å². The molecule has 1 aliphatic heterocycles. The van der Waals surface area contributed by atoms with Gasteiger partial charge in [-0.15, -0.1) is 0 Å². The van der Waals surface area contributed by atoms with Crippen LogP contribution < -0.4 is 10.6 Å². The third-order valence-electron chi connectivity index (χ3n) is 4.58. The largest absolute Gasteiger partial charge is 0.332 e. The van der Waals surface area contributed by atoms with Crippen LogP contribution >= 0.6 is 12.2 Å². The van der Waals surface area contributed by atoms with Gasteiger partial charge in [-0.3, -0.25) is 0 Å². The molecule has 0 radical (unpaired) electrons. The standard InChI is InChI=1S/C19H23N3O2S2/c1-14-5-6-17(13-15(14)2)21-19(25)20-16-7-9-18(10-8-16)26(23,24)22-11-3-4-12-22/h5-10,13H,3-4,11-12H2,1-2H3,(H2,20,21,25). The summed E-state index contributed by atoms with van der Waals surface area (Å²) in [7, 11) is -3.38. The van der Waals surface area contributed by atoms with Crippen LogP contribution in [0, 0.1) is 13.8 Å². The smallest absolute Gasteiger partial charge is 0.243 e. The third-order valence-corrected chi connectivity index (χ3v) is 6.70. The van der Waals surface area contributed by atoms with E-state index >= 15 is 0 Å². The lowest BCUT2D eigenvalue weighted by Crippen LogP contribution is -2.27. The summed E-state index contributed by atoms with van der Waals surface area (Å²) >= 11 is 5.34. The molecule has 7 heteroatoms. The molecule has 2 aromatic rings. The number of hydrogen-bond donors (Lipinski definition) is 2. The Bertz CT molecular complexity index is 903. The maximum Gasteiger partial charge on any atom is 0.243 e. The highest BCUT2D eigenvalue weighted by Crippen LogP contribution is 2.22. The Labute approximate surface area is 160 Å². The van der Waals surface area contributed by atoms with Crippen molar-refractivity contribution in [1.82, 2.24) is 4.31 Å². The number of nitrogens with zero attached hydrogens (tertiary/aromatic N) is 1. The maximum atomic E-state index is 12.5. The average Bonchev–Trinajstić information content (AvgIpc) is 3.14. The highest BCUT2D eigenvalue weighted by atomic mass is 32.2. The molecule has 0 amide bonds. The molecule has 3 rings (SSSR count). The van der Waals surface area contributed by atoms with Crippen molar-refractivity contribution in [2.45, 2.75) is 31.6 Å². The summed E-state index contributed by atoms with van der Waals surface area (Å²) < 4.78 is 26.6. The van der Waals surface area contributed by atoms with Crippen molar-refractivity contribution in [1.29, 1.82) is 0 Å². The lowest BCUT2D eigenvalue weighted by Gasteiger charge is -2.16. The SMILES string of the molecule is Cc1ccc(NC(=S)Nc2ccc(S(=O)(=O)N3CCCC3)cc2)cc1C. The van der Waals surface area contributed by atoms with Gasteiger partial charge in [0.2, 0.25) is 10.0 Å². The van der Waals surface area contributed by atoms with E-state index in [-0.39, 0.29) is 0 Å². The first-order chi connectivity index (χ1) is 12.4. The van der Waals surface area contributed by atoms with E-state index in [2.05, 4.69) is 24.5 Å². The third kappa shape index (κ3) is 4.23. The molecule has 0 unspecified atom stereocenters. The normalized spacial score (nSPS) is 15.0. The van der Waals surface area contributed by atoms with E-state index < -0.39 is 10.0 Å². The number of sulfonamides is 1. The number of anilines is 2. The Morgan fingerprint density at radius 1 is 0.923 bits per heavy atom. The van der Waals surface area contributed by atoms with Crippen molar-refractivity contribution in [2.24, 2.45) is 0 Å². The predicted octanol–water partition coefficient (Wildman–Crippen LogP) is 3.90. The summed E-state index contributed by atoms with van der Waals surface area (Å²) in [4.78, 5) is 0.318. The fraction of sp³-hybridized carbons (Fsp3) is 0.316. The molecule has 2 N–H and O–H groups in total. The van der Waals surface area contributed by atoms with Crippen molar-refractivity contribution in [3.63, 3.8) is 0 Å². The zero-order chi connectivity index (χ0) is 18.7. The first-order valence-electron chi connectivity index (χ1n) is 8.62. The molecule has 0 saturated carbocycles. The number of aryl methyl sites for hydroxylation is 2. The molecule has 5 nitrogen and oxygen atoms in total. The van der Waals surface area contributed by atoms with Gasteiger partial charge in [0, 0.05) is 24.5 Å². The Balaban J connectivity index is 1.65. The minimum Gasteiger partial charge on any atom is -0.332 e. The number of hydrogen-bond acceptors (Lipinski definition) is 3. The quantitative estimate of drug-likeness (QED) is 0.777. The van der Waals surface area contributed by atoms with Crippen LogP contribution in [0.3, 0.4) is 0 Å². The molecule has 2 aromatic carbocycles. The molecule has 138 valence electrons. The number of benzene rings is 2. The lowest BCUT2D eigenvalue weighted by atomic mass is 10.1. The van der Waals surface area contributed by atoms with E-state index in [1.807, 2.05) is 18.2 Å². The summed E-state index contributed by atoms with van der Waals surface area (Å²) in [5.41, 5.74) is 4.07. The highest BCUT2D eigenvalue weighted by Gasteiger charge is 2.26. The van der Waals surface area contributed by atoms with Gasteiger partial charge < -0.3 is 10.6 Å². The summed E-state index contributed by atoms with van der Waals surface area (Å²) in [6, 6.07) is 12.8. The first kappa shape index (κ1) is 18.8. The highest BCUT2D eigenvalue weighted by molar-refractivity contribution is 7.89. The van der Waals surface area contributed by atoms with Crippen molar-refractivity contribution in [3.05, 3.63) is 53.6 Å². The van der Waals surface area contributed by atoms with Crippen molar-refractivity contribution >= 4 is 38.7 Å². The molecule has 0 spiro atoms. The van der Waals surface area contributed by atoms with Gasteiger partial charge in [0.1, 0.15) is 0 Å². The molecule has 1 fully saturated rings. The second-order valence-electron chi connectivity index (χ2n) is 6.51. The minimum absolute atomic E-state index is 0.318. The van der Waals surface area contributed by atoms with Crippen molar-refractivity contribution in [3.8, 4) is 0 Å². The lowest BCUT2D eigenvalue weighted by molar-refractivity contribution is 0.477. The van der Waals surface area contributed by atoms with Gasteiger partial charge in [0.15, 0.2) is 5.11 Å². The topological polar surface area (TPSA) is 61.4 Å². The molecule has 0 atom stereocenters. The van der Waals surface area contributed by atoms with Crippen LogP contribution in [0.25, 0.3) is 0 Å². The van der Waals surface area contributed by atoms with Crippen molar-refractivity contribution in [2.75, 3.05) is 23.7 Å². The van der Waals surface area contributed by atoms with Crippen LogP contribution in [-0.2, 0) is 10.0 Å². The van der Waals surface area contributed by atoms with Crippen LogP contribution in [0.5, 0.6) is 0 Å². The monoisotopic (exact) mass is 389 g/mol. The Kier molecular flexibility index (Phi) is 5.60. The maximum absolute atomic E-state index is 12.5. The Hall–Kier alpha value is -1.96. The zero-order valence-electron chi connectivity index (χ0n) is 15.0. The number of nitrogens with one attached hydrogen (secondary N) is 2. The number of rotatable bonds is 4. The second-order valence-corrected chi connectivity index (χ2v) is 8.86. The molecule has 0 aliphatic carbocycles. The average molecular weight is 390 g/mol. The molecule has 26 heavy (non-hydrogen) atoms. The molecule has 0 bridgehead atoms. The van der Waals surface area contributed by atoms with Crippen LogP contribution in [0.15, 0.2) is 47.4 Å². The fourth-order valence-electron chi connectivity index (χ4n) is 2.90. The van der Waals surface area contributed by atoms with Crippen LogP contribution in [0.2, 0.25) is 0 Å². The summed E-state index contributed by atoms with van der Waals surface area (Å²) in [5, 5.41) is 6.69. The molecule has 1 aliphatic rings. The molecule has 1 saturated heterocycles. The zero-order valence-corrected chi connectivity index (χ0v) is 16.6. The summed E-state index contributed by atoms with van der Waals surface area (Å²) in [5.74, 6) is 0. The fourth-order valence-corrected chi connectivity index (χ4v) is 4.65. The van der Waals surface area contributed by atoms with E-state index in [0.717, 1.165) is 24.2 Å². The van der Waals surface area contributed by atoms with Gasteiger partial charge in [-0.25, -0.2) is 8.42 Å². The van der Waals surface area contributed by atoms with E-state index in [9.17, 15) is 8.42 Å². The molecule has 0 aromatic heterocycles. The van der Waals surface area contributed by atoms with Crippen LogP contribution in [-0.4, -0.2) is 30.9 Å². The van der Waals surface area contributed by atoms with E-state index in [1.165, 1.54) is 11.1 Å². The van der Waals surface area contributed by atoms with Crippen molar-refractivity contribution < 1.29 is 8.42 Å². The Morgan fingerprint density at radius 3 is 2.12 bits per heavy atom. The minimum atomic E-state index is -3.38. The second kappa shape index (κ2) is 7.73. The Morgan fingerprint density at radius 2 is 1.50 bits per heavy atom. The van der Waals surface area contributed by atoms with Gasteiger partial charge >= 0.3 is 0 Å². The summed E-state index contributed by atoms with van der Waals surface area (Å²) in [6.45, 7) is 5.32. The van der Waals surface area contributed by atoms with Crippen LogP contribution in [0.4, 0.5) is 11.4 Å². The van der Waals surface area contributed by atoms with Gasteiger partial charge in [0.25, 0.3) is 0 Å². The predicted molar refractivity (Wildman–Crippen MR) is 110 cm³/mol. The number of thiocarbonyl (C=S) groups is 1. The molecular formula is C19H23N3O2S2. The van der Waals surface area contributed by atoms with E-state index in [1.54, 1.807) is 28.6 Å². The first-order valence-corrected chi connectivity index (χ1v) is 10.5. The van der Waals surface area contributed by atoms with Gasteiger partial charge in [-0.05, 0) is 86.4 Å². The van der Waals surface area contributed by atoms with E-state index in [0.29, 0.717) is 23.1 Å². The molecular weight excluding hydrogens is 366 g/mol. The van der Waals surface area contributed by atoms with Gasteiger partial charge in [0.05, 0.1) is 4.90 Å².